The Labute approximate surface area is 176 Å². The highest BCUT2D eigenvalue weighted by atomic mass is 32.1. The van der Waals surface area contributed by atoms with E-state index in [0.29, 0.717) is 10.7 Å². The van der Waals surface area contributed by atoms with Crippen molar-refractivity contribution in [2.24, 2.45) is 0 Å². The highest BCUT2D eigenvalue weighted by Crippen LogP contribution is 2.38. The molecule has 0 bridgehead atoms. The lowest BCUT2D eigenvalue weighted by Crippen LogP contribution is -2.20. The average Bonchev–Trinajstić information content (AvgIpc) is 2.87. The minimum Gasteiger partial charge on any atom is -0.465 e. The SMILES string of the molecule is CCCCc1ccc(NC(=S)Nc2sc3c(c2C(=O)OC)CCCCC3)cc1. The minimum atomic E-state index is -0.287. The van der Waals surface area contributed by atoms with E-state index in [1.54, 1.807) is 11.3 Å². The summed E-state index contributed by atoms with van der Waals surface area (Å²) >= 11 is 7.13. The van der Waals surface area contributed by atoms with E-state index in [0.717, 1.165) is 41.9 Å². The van der Waals surface area contributed by atoms with Crippen molar-refractivity contribution in [2.75, 3.05) is 17.7 Å². The first-order valence-electron chi connectivity index (χ1n) is 10.0. The van der Waals surface area contributed by atoms with Crippen LogP contribution < -0.4 is 10.6 Å². The van der Waals surface area contributed by atoms with Gasteiger partial charge in [-0.2, -0.15) is 0 Å². The van der Waals surface area contributed by atoms with Crippen LogP contribution in [-0.4, -0.2) is 18.2 Å². The molecule has 0 atom stereocenters. The zero-order chi connectivity index (χ0) is 19.9. The van der Waals surface area contributed by atoms with Gasteiger partial charge in [0, 0.05) is 10.6 Å². The van der Waals surface area contributed by atoms with Crippen molar-refractivity contribution in [3.63, 3.8) is 0 Å². The van der Waals surface area contributed by atoms with Crippen molar-refractivity contribution in [3.05, 3.63) is 45.8 Å². The second kappa shape index (κ2) is 10.0. The van der Waals surface area contributed by atoms with Gasteiger partial charge in [0.25, 0.3) is 0 Å². The van der Waals surface area contributed by atoms with Crippen molar-refractivity contribution in [1.82, 2.24) is 0 Å². The van der Waals surface area contributed by atoms with Gasteiger partial charge in [0.1, 0.15) is 5.00 Å². The zero-order valence-corrected chi connectivity index (χ0v) is 18.2. The summed E-state index contributed by atoms with van der Waals surface area (Å²) in [5.41, 5.74) is 4.07. The maximum Gasteiger partial charge on any atom is 0.341 e. The van der Waals surface area contributed by atoms with E-state index in [9.17, 15) is 4.79 Å². The number of hydrogen-bond acceptors (Lipinski definition) is 4. The average molecular weight is 417 g/mol. The molecule has 1 aliphatic carbocycles. The Kier molecular flexibility index (Phi) is 7.45. The molecule has 0 amide bonds. The Morgan fingerprint density at radius 1 is 1.14 bits per heavy atom. The molecule has 0 saturated carbocycles. The smallest absolute Gasteiger partial charge is 0.341 e. The number of esters is 1. The molecule has 6 heteroatoms. The Bertz CT molecular complexity index is 828. The van der Waals surface area contributed by atoms with Gasteiger partial charge in [-0.25, -0.2) is 4.79 Å². The van der Waals surface area contributed by atoms with E-state index in [-0.39, 0.29) is 5.97 Å². The van der Waals surface area contributed by atoms with Gasteiger partial charge in [0.05, 0.1) is 12.7 Å². The predicted octanol–water partition coefficient (Wildman–Crippen LogP) is 5.96. The molecule has 2 N–H and O–H groups in total. The first-order chi connectivity index (χ1) is 13.6. The van der Waals surface area contributed by atoms with Gasteiger partial charge in [-0.05, 0) is 74.0 Å². The third-order valence-corrected chi connectivity index (χ3v) is 6.48. The fourth-order valence-corrected chi connectivity index (χ4v) is 5.12. The number of ether oxygens (including phenoxy) is 1. The normalized spacial score (nSPS) is 13.4. The molecule has 28 heavy (non-hydrogen) atoms. The van der Waals surface area contributed by atoms with Crippen molar-refractivity contribution >= 4 is 45.3 Å². The number of carbonyl (C=O) groups excluding carboxylic acids is 1. The molecular weight excluding hydrogens is 388 g/mol. The third kappa shape index (κ3) is 5.11. The topological polar surface area (TPSA) is 50.4 Å². The number of anilines is 2. The minimum absolute atomic E-state index is 0.287. The molecule has 0 spiro atoms. The lowest BCUT2D eigenvalue weighted by molar-refractivity contribution is 0.0601. The Balaban J connectivity index is 1.72. The summed E-state index contributed by atoms with van der Waals surface area (Å²) in [6.45, 7) is 2.20. The number of thiophene rings is 1. The van der Waals surface area contributed by atoms with E-state index in [1.807, 2.05) is 12.1 Å². The molecule has 1 aromatic carbocycles. The Morgan fingerprint density at radius 3 is 2.61 bits per heavy atom. The molecule has 0 radical (unpaired) electrons. The van der Waals surface area contributed by atoms with Crippen LogP contribution in [0.3, 0.4) is 0 Å². The predicted molar refractivity (Wildman–Crippen MR) is 122 cm³/mol. The van der Waals surface area contributed by atoms with Gasteiger partial charge in [-0.1, -0.05) is 31.9 Å². The number of methoxy groups -OCH3 is 1. The maximum atomic E-state index is 12.4. The van der Waals surface area contributed by atoms with Crippen LogP contribution >= 0.6 is 23.6 Å². The van der Waals surface area contributed by atoms with Crippen LogP contribution in [0.4, 0.5) is 10.7 Å². The number of rotatable bonds is 6. The van der Waals surface area contributed by atoms with E-state index < -0.39 is 0 Å². The molecule has 0 unspecified atom stereocenters. The zero-order valence-electron chi connectivity index (χ0n) is 16.6. The van der Waals surface area contributed by atoms with Gasteiger partial charge >= 0.3 is 5.97 Å². The van der Waals surface area contributed by atoms with Crippen LogP contribution in [0.25, 0.3) is 0 Å². The summed E-state index contributed by atoms with van der Waals surface area (Å²) in [6, 6.07) is 8.36. The van der Waals surface area contributed by atoms with Gasteiger partial charge in [0.2, 0.25) is 0 Å². The lowest BCUT2D eigenvalue weighted by Gasteiger charge is -2.12. The van der Waals surface area contributed by atoms with Gasteiger partial charge in [-0.3, -0.25) is 0 Å². The fourth-order valence-electron chi connectivity index (χ4n) is 3.55. The fraction of sp³-hybridized carbons (Fsp3) is 0.455. The number of benzene rings is 1. The monoisotopic (exact) mass is 416 g/mol. The Hall–Kier alpha value is -1.92. The van der Waals surface area contributed by atoms with Gasteiger partial charge in [0.15, 0.2) is 5.11 Å². The summed E-state index contributed by atoms with van der Waals surface area (Å²) in [4.78, 5) is 13.7. The quantitative estimate of drug-likeness (QED) is 0.346. The number of carbonyl (C=O) groups is 1. The van der Waals surface area contributed by atoms with Crippen LogP contribution in [0.15, 0.2) is 24.3 Å². The third-order valence-electron chi connectivity index (χ3n) is 5.07. The summed E-state index contributed by atoms with van der Waals surface area (Å²) < 4.78 is 5.05. The van der Waals surface area contributed by atoms with Crippen molar-refractivity contribution in [1.29, 1.82) is 0 Å². The standard InChI is InChI=1S/C22H28N2O2S2/c1-3-4-8-15-11-13-16(14-12-15)23-22(27)24-20-19(21(25)26-2)17-9-6-5-7-10-18(17)28-20/h11-14H,3-10H2,1-2H3,(H2,23,24,27). The number of nitrogens with one attached hydrogen (secondary N) is 2. The van der Waals surface area contributed by atoms with Crippen LogP contribution in [0.2, 0.25) is 0 Å². The molecule has 0 saturated heterocycles. The van der Waals surface area contributed by atoms with Crippen LogP contribution in [-0.2, 0) is 24.0 Å². The van der Waals surface area contributed by atoms with Gasteiger partial charge in [-0.15, -0.1) is 11.3 Å². The van der Waals surface area contributed by atoms with Crippen LogP contribution in [0, 0.1) is 0 Å². The second-order valence-corrected chi connectivity index (χ2v) is 8.65. The molecule has 1 heterocycles. The summed E-state index contributed by atoms with van der Waals surface area (Å²) in [5, 5.41) is 7.74. The number of fused-ring (bicyclic) bond motifs is 1. The molecule has 0 fully saturated rings. The molecule has 150 valence electrons. The molecule has 2 aromatic rings. The van der Waals surface area contributed by atoms with Crippen molar-refractivity contribution in [2.45, 2.75) is 58.3 Å². The molecule has 4 nitrogen and oxygen atoms in total. The van der Waals surface area contributed by atoms with Crippen LogP contribution in [0.1, 0.15) is 65.4 Å². The van der Waals surface area contributed by atoms with E-state index in [4.69, 9.17) is 17.0 Å². The molecule has 1 aromatic heterocycles. The number of thiocarbonyl (C=S) groups is 1. The van der Waals surface area contributed by atoms with Gasteiger partial charge < -0.3 is 15.4 Å². The lowest BCUT2D eigenvalue weighted by atomic mass is 10.1. The highest BCUT2D eigenvalue weighted by molar-refractivity contribution is 7.80. The number of unbranched alkanes of at least 4 members (excludes halogenated alkanes) is 1. The number of hydrogen-bond donors (Lipinski definition) is 2. The summed E-state index contributed by atoms with van der Waals surface area (Å²) in [7, 11) is 1.43. The summed E-state index contributed by atoms with van der Waals surface area (Å²) in [5.74, 6) is -0.287. The first kappa shape index (κ1) is 20.8. The maximum absolute atomic E-state index is 12.4. The summed E-state index contributed by atoms with van der Waals surface area (Å²) in [6.07, 6.45) is 8.93. The largest absolute Gasteiger partial charge is 0.465 e. The second-order valence-electron chi connectivity index (χ2n) is 7.14. The Morgan fingerprint density at radius 2 is 1.89 bits per heavy atom. The van der Waals surface area contributed by atoms with Crippen molar-refractivity contribution < 1.29 is 9.53 Å². The van der Waals surface area contributed by atoms with E-state index >= 15 is 0 Å². The molecule has 3 rings (SSSR count). The van der Waals surface area contributed by atoms with Crippen molar-refractivity contribution in [3.8, 4) is 0 Å². The molecule has 1 aliphatic rings. The van der Waals surface area contributed by atoms with E-state index in [1.165, 1.54) is 43.2 Å². The molecular formula is C22H28N2O2S2. The number of aryl methyl sites for hydroxylation is 2. The highest BCUT2D eigenvalue weighted by Gasteiger charge is 2.25. The van der Waals surface area contributed by atoms with E-state index in [2.05, 4.69) is 29.7 Å². The molecule has 0 aliphatic heterocycles. The first-order valence-corrected chi connectivity index (χ1v) is 11.2. The van der Waals surface area contributed by atoms with Crippen LogP contribution in [0.5, 0.6) is 0 Å².